The van der Waals surface area contributed by atoms with Crippen LogP contribution in [-0.2, 0) is 19.6 Å². The van der Waals surface area contributed by atoms with Crippen LogP contribution in [0.1, 0.15) is 46.7 Å². The highest BCUT2D eigenvalue weighted by Crippen LogP contribution is 2.18. The molecular weight excluding hydrogens is 453 g/mol. The molecule has 7 heteroatoms. The first-order chi connectivity index (χ1) is 16.5. The first kappa shape index (κ1) is 24.5. The number of amides is 1. The lowest BCUT2D eigenvalue weighted by Gasteiger charge is -2.26. The fourth-order valence-electron chi connectivity index (χ4n) is 4.31. The summed E-state index contributed by atoms with van der Waals surface area (Å²) in [7, 11) is 0. The number of hydrogen-bond donors (Lipinski definition) is 1. The van der Waals surface area contributed by atoms with Gasteiger partial charge < -0.3 is 14.6 Å². The molecule has 0 saturated carbocycles. The number of halogens is 2. The van der Waals surface area contributed by atoms with Crippen LogP contribution in [0.25, 0.3) is 0 Å². The Balaban J connectivity index is 1.37. The Bertz CT molecular complexity index is 1060. The third kappa shape index (κ3) is 7.42. The van der Waals surface area contributed by atoms with Crippen LogP contribution in [0.15, 0.2) is 65.1 Å². The van der Waals surface area contributed by atoms with E-state index < -0.39 is 0 Å². The molecule has 1 N–H and O–H groups in total. The van der Waals surface area contributed by atoms with Crippen molar-refractivity contribution >= 4 is 17.5 Å². The number of hydrogen-bond acceptors (Lipinski definition) is 4. The van der Waals surface area contributed by atoms with Gasteiger partial charge in [-0.15, -0.1) is 0 Å². The average molecular weight is 484 g/mol. The monoisotopic (exact) mass is 483 g/mol. The van der Waals surface area contributed by atoms with Crippen LogP contribution in [0.2, 0.25) is 5.02 Å². The molecule has 3 aromatic rings. The Morgan fingerprint density at radius 2 is 1.74 bits per heavy atom. The smallest absolute Gasteiger partial charge is 0.287 e. The lowest BCUT2D eigenvalue weighted by Crippen LogP contribution is -2.37. The number of furan rings is 1. The molecule has 0 radical (unpaired) electrons. The van der Waals surface area contributed by atoms with Crippen molar-refractivity contribution in [1.82, 2.24) is 15.1 Å². The van der Waals surface area contributed by atoms with Gasteiger partial charge in [0.05, 0.1) is 6.54 Å². The minimum Gasteiger partial charge on any atom is -0.455 e. The minimum atomic E-state index is -0.259. The SMILES string of the molecule is O=C(NCCN1CCCCC1)c1ccc(CN(Cc2ccc(Cl)cc2)Cc2cccc(F)c2)o1. The van der Waals surface area contributed by atoms with Crippen molar-refractivity contribution in [3.8, 4) is 0 Å². The lowest BCUT2D eigenvalue weighted by molar-refractivity contribution is 0.0914. The number of nitrogens with one attached hydrogen (secondary N) is 1. The highest BCUT2D eigenvalue weighted by molar-refractivity contribution is 6.30. The molecule has 34 heavy (non-hydrogen) atoms. The molecule has 1 saturated heterocycles. The zero-order valence-electron chi connectivity index (χ0n) is 19.3. The van der Waals surface area contributed by atoms with E-state index in [-0.39, 0.29) is 11.7 Å². The van der Waals surface area contributed by atoms with Crippen LogP contribution in [-0.4, -0.2) is 41.9 Å². The highest BCUT2D eigenvalue weighted by atomic mass is 35.5. The van der Waals surface area contributed by atoms with E-state index in [9.17, 15) is 9.18 Å². The normalized spacial score (nSPS) is 14.4. The van der Waals surface area contributed by atoms with Gasteiger partial charge >= 0.3 is 0 Å². The van der Waals surface area contributed by atoms with Gasteiger partial charge in [0.1, 0.15) is 11.6 Å². The summed E-state index contributed by atoms with van der Waals surface area (Å²) in [5.74, 6) is 0.542. The van der Waals surface area contributed by atoms with Gasteiger partial charge in [-0.1, -0.05) is 42.3 Å². The van der Waals surface area contributed by atoms with E-state index in [4.69, 9.17) is 16.0 Å². The van der Waals surface area contributed by atoms with Gasteiger partial charge in [0.15, 0.2) is 5.76 Å². The fourth-order valence-corrected chi connectivity index (χ4v) is 4.44. The summed E-state index contributed by atoms with van der Waals surface area (Å²) in [5, 5.41) is 3.64. The summed E-state index contributed by atoms with van der Waals surface area (Å²) < 4.78 is 19.6. The molecule has 2 aromatic carbocycles. The number of carbonyl (C=O) groups is 1. The molecule has 0 aliphatic carbocycles. The minimum absolute atomic E-state index is 0.197. The number of piperidine rings is 1. The van der Waals surface area contributed by atoms with E-state index in [0.29, 0.717) is 42.7 Å². The Labute approximate surface area is 205 Å². The summed E-state index contributed by atoms with van der Waals surface area (Å²) >= 11 is 6.03. The van der Waals surface area contributed by atoms with E-state index >= 15 is 0 Å². The van der Waals surface area contributed by atoms with Crippen molar-refractivity contribution < 1.29 is 13.6 Å². The second kappa shape index (κ2) is 12.2. The highest BCUT2D eigenvalue weighted by Gasteiger charge is 2.16. The molecule has 1 aliphatic heterocycles. The molecule has 0 unspecified atom stereocenters. The maximum absolute atomic E-state index is 13.7. The molecule has 0 atom stereocenters. The second-order valence-electron chi connectivity index (χ2n) is 8.83. The summed E-state index contributed by atoms with van der Waals surface area (Å²) in [6, 6.07) is 17.8. The molecule has 1 amide bonds. The van der Waals surface area contributed by atoms with Gasteiger partial charge in [0.25, 0.3) is 5.91 Å². The number of likely N-dealkylation sites (tertiary alicyclic amines) is 1. The number of carbonyl (C=O) groups excluding carboxylic acids is 1. The van der Waals surface area contributed by atoms with Gasteiger partial charge in [-0.3, -0.25) is 9.69 Å². The molecule has 5 nitrogen and oxygen atoms in total. The molecule has 4 rings (SSSR count). The predicted molar refractivity (Wildman–Crippen MR) is 132 cm³/mol. The topological polar surface area (TPSA) is 48.7 Å². The van der Waals surface area contributed by atoms with Crippen LogP contribution in [0.3, 0.4) is 0 Å². The van der Waals surface area contributed by atoms with E-state index in [1.54, 1.807) is 12.1 Å². The van der Waals surface area contributed by atoms with Crippen molar-refractivity contribution in [3.63, 3.8) is 0 Å². The zero-order chi connectivity index (χ0) is 23.8. The van der Waals surface area contributed by atoms with Gasteiger partial charge in [-0.2, -0.15) is 0 Å². The quantitative estimate of drug-likeness (QED) is 0.414. The summed E-state index contributed by atoms with van der Waals surface area (Å²) in [4.78, 5) is 17.1. The van der Waals surface area contributed by atoms with Gasteiger partial charge in [-0.25, -0.2) is 4.39 Å². The van der Waals surface area contributed by atoms with E-state index in [1.807, 2.05) is 36.4 Å². The van der Waals surface area contributed by atoms with Crippen molar-refractivity contribution in [2.75, 3.05) is 26.2 Å². The fraction of sp³-hybridized carbons (Fsp3) is 0.370. The molecule has 1 fully saturated rings. The van der Waals surface area contributed by atoms with Crippen LogP contribution >= 0.6 is 11.6 Å². The Morgan fingerprint density at radius 1 is 0.971 bits per heavy atom. The van der Waals surface area contributed by atoms with E-state index in [1.165, 1.54) is 31.4 Å². The number of benzene rings is 2. The molecule has 0 spiro atoms. The summed E-state index contributed by atoms with van der Waals surface area (Å²) in [5.41, 5.74) is 1.96. The van der Waals surface area contributed by atoms with Crippen molar-refractivity contribution in [3.05, 3.63) is 94.2 Å². The molecule has 1 aliphatic rings. The van der Waals surface area contributed by atoms with Crippen molar-refractivity contribution in [2.45, 2.75) is 38.9 Å². The maximum atomic E-state index is 13.7. The lowest BCUT2D eigenvalue weighted by atomic mass is 10.1. The summed E-state index contributed by atoms with van der Waals surface area (Å²) in [6.07, 6.45) is 3.77. The first-order valence-electron chi connectivity index (χ1n) is 11.9. The standard InChI is InChI=1S/C27H31ClFN3O2/c28-23-9-7-21(8-10-23)18-32(19-22-5-4-6-24(29)17-22)20-25-11-12-26(34-25)27(33)30-13-16-31-14-2-1-3-15-31/h4-12,17H,1-3,13-16,18-20H2,(H,30,33). The second-order valence-corrected chi connectivity index (χ2v) is 9.26. The van der Waals surface area contributed by atoms with Gasteiger partial charge in [-0.05, 0) is 73.5 Å². The third-order valence-corrected chi connectivity index (χ3v) is 6.29. The van der Waals surface area contributed by atoms with Crippen LogP contribution < -0.4 is 5.32 Å². The summed E-state index contributed by atoms with van der Waals surface area (Å²) in [6.45, 7) is 5.34. The molecular formula is C27H31ClFN3O2. The molecule has 1 aromatic heterocycles. The number of nitrogens with zero attached hydrogens (tertiary/aromatic N) is 2. The largest absolute Gasteiger partial charge is 0.455 e. The van der Waals surface area contributed by atoms with Crippen LogP contribution in [0.5, 0.6) is 0 Å². The molecule has 2 heterocycles. The van der Waals surface area contributed by atoms with E-state index in [2.05, 4.69) is 15.1 Å². The zero-order valence-corrected chi connectivity index (χ0v) is 20.1. The molecule has 0 bridgehead atoms. The van der Waals surface area contributed by atoms with Gasteiger partial charge in [0, 0.05) is 31.2 Å². The Kier molecular flexibility index (Phi) is 8.74. The van der Waals surface area contributed by atoms with Crippen molar-refractivity contribution in [1.29, 1.82) is 0 Å². The van der Waals surface area contributed by atoms with Crippen LogP contribution in [0.4, 0.5) is 4.39 Å². The Morgan fingerprint density at radius 3 is 2.50 bits per heavy atom. The molecule has 180 valence electrons. The average Bonchev–Trinajstić information content (AvgIpc) is 3.30. The van der Waals surface area contributed by atoms with E-state index in [0.717, 1.165) is 30.8 Å². The van der Waals surface area contributed by atoms with Crippen molar-refractivity contribution in [2.24, 2.45) is 0 Å². The number of rotatable bonds is 10. The third-order valence-electron chi connectivity index (χ3n) is 6.04. The predicted octanol–water partition coefficient (Wildman–Crippen LogP) is 5.49. The van der Waals surface area contributed by atoms with Gasteiger partial charge in [0.2, 0.25) is 0 Å². The Hall–Kier alpha value is -2.67. The first-order valence-corrected chi connectivity index (χ1v) is 12.2. The van der Waals surface area contributed by atoms with Crippen LogP contribution in [0, 0.1) is 5.82 Å². The maximum Gasteiger partial charge on any atom is 0.287 e.